The summed E-state index contributed by atoms with van der Waals surface area (Å²) in [7, 11) is 0. The Morgan fingerprint density at radius 3 is 2.73 bits per heavy atom. The van der Waals surface area contributed by atoms with Crippen LogP contribution >= 0.6 is 22.6 Å². The van der Waals surface area contributed by atoms with Gasteiger partial charge in [-0.2, -0.15) is 0 Å². The van der Waals surface area contributed by atoms with Gasteiger partial charge in [0, 0.05) is 3.57 Å². The van der Waals surface area contributed by atoms with E-state index in [-0.39, 0.29) is 0 Å². The fraction of sp³-hybridized carbons (Fsp3) is 0. The summed E-state index contributed by atoms with van der Waals surface area (Å²) in [4.78, 5) is 7.88. The van der Waals surface area contributed by atoms with Gasteiger partial charge in [0.1, 0.15) is 11.6 Å². The highest BCUT2D eigenvalue weighted by Crippen LogP contribution is 2.20. The van der Waals surface area contributed by atoms with E-state index in [1.165, 1.54) is 12.4 Å². The number of nitrogen functional groups attached to an aromatic ring is 1. The van der Waals surface area contributed by atoms with Gasteiger partial charge in [0.25, 0.3) is 0 Å². The first-order valence-electron chi connectivity index (χ1n) is 4.25. The van der Waals surface area contributed by atoms with E-state index in [9.17, 15) is 0 Å². The van der Waals surface area contributed by atoms with Crippen LogP contribution in [0.1, 0.15) is 0 Å². The lowest BCUT2D eigenvalue weighted by Gasteiger charge is -2.03. The minimum Gasteiger partial charge on any atom is -0.437 e. The monoisotopic (exact) mass is 313 g/mol. The number of hydrogen-bond donors (Lipinski definition) is 1. The van der Waals surface area contributed by atoms with E-state index < -0.39 is 0 Å². The molecule has 0 aliphatic rings. The summed E-state index contributed by atoms with van der Waals surface area (Å²) in [6.07, 6.45) is 2.96. The predicted octanol–water partition coefficient (Wildman–Crippen LogP) is 2.46. The zero-order chi connectivity index (χ0) is 10.7. The summed E-state index contributed by atoms with van der Waals surface area (Å²) in [5, 5.41) is 0. The summed E-state index contributed by atoms with van der Waals surface area (Å²) in [6.45, 7) is 0. The maximum Gasteiger partial charge on any atom is 0.237 e. The zero-order valence-corrected chi connectivity index (χ0v) is 9.88. The molecule has 2 aromatic rings. The number of benzene rings is 1. The largest absolute Gasteiger partial charge is 0.437 e. The highest BCUT2D eigenvalue weighted by molar-refractivity contribution is 14.1. The van der Waals surface area contributed by atoms with Crippen LogP contribution in [0.15, 0.2) is 36.7 Å². The van der Waals surface area contributed by atoms with Crippen LogP contribution in [0.3, 0.4) is 0 Å². The summed E-state index contributed by atoms with van der Waals surface area (Å²) < 4.78 is 6.59. The van der Waals surface area contributed by atoms with Crippen molar-refractivity contribution < 1.29 is 4.74 Å². The Kier molecular flexibility index (Phi) is 3.00. The van der Waals surface area contributed by atoms with Crippen molar-refractivity contribution in [3.05, 3.63) is 40.2 Å². The number of nitrogens with zero attached hydrogens (tertiary/aromatic N) is 2. The predicted molar refractivity (Wildman–Crippen MR) is 65.7 cm³/mol. The molecule has 0 unspecified atom stereocenters. The van der Waals surface area contributed by atoms with E-state index in [0.29, 0.717) is 11.7 Å². The van der Waals surface area contributed by atoms with Crippen molar-refractivity contribution in [2.75, 3.05) is 5.73 Å². The molecule has 1 aromatic carbocycles. The van der Waals surface area contributed by atoms with Crippen LogP contribution in [0.4, 0.5) is 5.82 Å². The average molecular weight is 313 g/mol. The molecule has 0 fully saturated rings. The van der Waals surface area contributed by atoms with E-state index in [4.69, 9.17) is 10.5 Å². The minimum atomic E-state index is 0.380. The second kappa shape index (κ2) is 4.43. The molecule has 5 heteroatoms. The first kappa shape index (κ1) is 10.2. The summed E-state index contributed by atoms with van der Waals surface area (Å²) in [6, 6.07) is 7.68. The van der Waals surface area contributed by atoms with E-state index in [0.717, 1.165) is 9.32 Å². The Bertz CT molecular complexity index is 458. The third-order valence-corrected chi connectivity index (χ3v) is 2.34. The first-order chi connectivity index (χ1) is 7.24. The van der Waals surface area contributed by atoms with Gasteiger partial charge in [-0.15, -0.1) is 0 Å². The number of aromatic nitrogens is 2. The lowest BCUT2D eigenvalue weighted by Crippen LogP contribution is -1.93. The minimum absolute atomic E-state index is 0.380. The second-order valence-corrected chi connectivity index (χ2v) is 4.08. The van der Waals surface area contributed by atoms with E-state index in [1.54, 1.807) is 0 Å². The molecule has 0 amide bonds. The van der Waals surface area contributed by atoms with Crippen molar-refractivity contribution in [3.8, 4) is 11.6 Å². The van der Waals surface area contributed by atoms with Crippen LogP contribution in [-0.2, 0) is 0 Å². The number of hydrogen-bond acceptors (Lipinski definition) is 4. The van der Waals surface area contributed by atoms with E-state index in [1.807, 2.05) is 24.3 Å². The standard InChI is InChI=1S/C10H8IN3O/c11-7-2-1-3-8(4-7)15-10-6-13-9(12)5-14-10/h1-6H,(H2,12,13). The Morgan fingerprint density at radius 1 is 1.20 bits per heavy atom. The summed E-state index contributed by atoms with van der Waals surface area (Å²) in [5.74, 6) is 1.55. The molecule has 2 rings (SSSR count). The van der Waals surface area contributed by atoms with Crippen LogP contribution in [0, 0.1) is 3.57 Å². The zero-order valence-electron chi connectivity index (χ0n) is 7.72. The number of halogens is 1. The van der Waals surface area contributed by atoms with Gasteiger partial charge in [-0.05, 0) is 40.8 Å². The molecular formula is C10H8IN3O. The molecule has 0 aliphatic carbocycles. The molecule has 0 spiro atoms. The van der Waals surface area contributed by atoms with Gasteiger partial charge in [-0.3, -0.25) is 0 Å². The third kappa shape index (κ3) is 2.79. The van der Waals surface area contributed by atoms with Crippen LogP contribution < -0.4 is 10.5 Å². The van der Waals surface area contributed by atoms with Gasteiger partial charge in [-0.1, -0.05) is 6.07 Å². The Labute approximate surface area is 101 Å². The summed E-state index contributed by atoms with van der Waals surface area (Å²) >= 11 is 2.22. The van der Waals surface area contributed by atoms with Crippen LogP contribution in [0.25, 0.3) is 0 Å². The van der Waals surface area contributed by atoms with Crippen molar-refractivity contribution in [1.82, 2.24) is 9.97 Å². The number of rotatable bonds is 2. The Balaban J connectivity index is 2.18. The first-order valence-corrected chi connectivity index (χ1v) is 5.33. The normalized spacial score (nSPS) is 9.93. The maximum atomic E-state index is 5.48. The van der Waals surface area contributed by atoms with Crippen molar-refractivity contribution in [1.29, 1.82) is 0 Å². The van der Waals surface area contributed by atoms with Crippen molar-refractivity contribution in [2.24, 2.45) is 0 Å². The van der Waals surface area contributed by atoms with Crippen molar-refractivity contribution in [3.63, 3.8) is 0 Å². The molecular weight excluding hydrogens is 305 g/mol. The molecule has 4 nitrogen and oxygen atoms in total. The molecule has 2 N–H and O–H groups in total. The molecule has 0 atom stereocenters. The average Bonchev–Trinajstić information content (AvgIpc) is 2.22. The lowest BCUT2D eigenvalue weighted by atomic mass is 10.3. The number of ether oxygens (including phenoxy) is 1. The topological polar surface area (TPSA) is 61.0 Å². The van der Waals surface area contributed by atoms with Gasteiger partial charge >= 0.3 is 0 Å². The SMILES string of the molecule is Nc1cnc(Oc2cccc(I)c2)cn1. The second-order valence-electron chi connectivity index (χ2n) is 2.84. The van der Waals surface area contributed by atoms with E-state index >= 15 is 0 Å². The van der Waals surface area contributed by atoms with Gasteiger partial charge in [0.05, 0.1) is 12.4 Å². The maximum absolute atomic E-state index is 5.48. The molecule has 1 aromatic heterocycles. The molecule has 0 radical (unpaired) electrons. The van der Waals surface area contributed by atoms with Gasteiger partial charge in [0.15, 0.2) is 0 Å². The molecule has 76 valence electrons. The fourth-order valence-corrected chi connectivity index (χ4v) is 1.54. The van der Waals surface area contributed by atoms with Crippen LogP contribution in [-0.4, -0.2) is 9.97 Å². The van der Waals surface area contributed by atoms with Gasteiger partial charge in [-0.25, -0.2) is 9.97 Å². The molecule has 0 saturated carbocycles. The van der Waals surface area contributed by atoms with Crippen LogP contribution in [0.2, 0.25) is 0 Å². The Hall–Kier alpha value is -1.37. The highest BCUT2D eigenvalue weighted by atomic mass is 127. The lowest BCUT2D eigenvalue weighted by molar-refractivity contribution is 0.460. The van der Waals surface area contributed by atoms with Crippen molar-refractivity contribution in [2.45, 2.75) is 0 Å². The molecule has 0 saturated heterocycles. The molecule has 1 heterocycles. The van der Waals surface area contributed by atoms with E-state index in [2.05, 4.69) is 32.6 Å². The smallest absolute Gasteiger partial charge is 0.237 e. The van der Waals surface area contributed by atoms with Gasteiger partial charge in [0.2, 0.25) is 5.88 Å². The van der Waals surface area contributed by atoms with Gasteiger partial charge < -0.3 is 10.5 Å². The summed E-state index contributed by atoms with van der Waals surface area (Å²) in [5.41, 5.74) is 5.41. The molecule has 0 bridgehead atoms. The number of anilines is 1. The highest BCUT2D eigenvalue weighted by Gasteiger charge is 1.99. The third-order valence-electron chi connectivity index (χ3n) is 1.67. The van der Waals surface area contributed by atoms with Crippen LogP contribution in [0.5, 0.6) is 11.6 Å². The molecule has 15 heavy (non-hydrogen) atoms. The Morgan fingerprint density at radius 2 is 2.07 bits per heavy atom. The van der Waals surface area contributed by atoms with Crippen molar-refractivity contribution >= 4 is 28.4 Å². The fourth-order valence-electron chi connectivity index (χ4n) is 1.03. The molecule has 0 aliphatic heterocycles. The number of nitrogens with two attached hydrogens (primary N) is 1. The quantitative estimate of drug-likeness (QED) is 0.865.